The second-order valence-electron chi connectivity index (χ2n) is 4.01. The van der Waals surface area contributed by atoms with Gasteiger partial charge in [0, 0.05) is 4.47 Å². The van der Waals surface area contributed by atoms with Gasteiger partial charge in [0.1, 0.15) is 5.82 Å². The zero-order valence-electron chi connectivity index (χ0n) is 10.5. The first-order valence-corrected chi connectivity index (χ1v) is 7.37. The van der Waals surface area contributed by atoms with Gasteiger partial charge >= 0.3 is 0 Å². The standard InChI is InChI=1S/C14H9BrClFN2OS/c15-8-5-6-12(10(16)7-8)18-14(21)19-13(20)9-3-1-2-4-11(9)17/h1-7H,(H2,18,19,20,21). The van der Waals surface area contributed by atoms with E-state index in [0.29, 0.717) is 10.7 Å². The lowest BCUT2D eigenvalue weighted by Crippen LogP contribution is -2.34. The van der Waals surface area contributed by atoms with Crippen LogP contribution < -0.4 is 10.6 Å². The molecule has 0 radical (unpaired) electrons. The molecule has 0 spiro atoms. The number of anilines is 1. The highest BCUT2D eigenvalue weighted by molar-refractivity contribution is 9.10. The van der Waals surface area contributed by atoms with Crippen molar-refractivity contribution < 1.29 is 9.18 Å². The molecule has 0 heterocycles. The van der Waals surface area contributed by atoms with Crippen LogP contribution in [-0.4, -0.2) is 11.0 Å². The van der Waals surface area contributed by atoms with Gasteiger partial charge in [-0.2, -0.15) is 0 Å². The first kappa shape index (κ1) is 15.9. The van der Waals surface area contributed by atoms with Crippen LogP contribution in [0, 0.1) is 5.82 Å². The van der Waals surface area contributed by atoms with Gasteiger partial charge in [0.25, 0.3) is 5.91 Å². The molecular weight excluding hydrogens is 379 g/mol. The van der Waals surface area contributed by atoms with Crippen LogP contribution in [0.15, 0.2) is 46.9 Å². The Morgan fingerprint density at radius 2 is 1.95 bits per heavy atom. The third-order valence-corrected chi connectivity index (χ3v) is 3.53. The summed E-state index contributed by atoms with van der Waals surface area (Å²) in [6.45, 7) is 0. The summed E-state index contributed by atoms with van der Waals surface area (Å²) in [4.78, 5) is 11.9. The molecule has 2 N–H and O–H groups in total. The first-order chi connectivity index (χ1) is 9.97. The summed E-state index contributed by atoms with van der Waals surface area (Å²) >= 11 is 14.3. The molecule has 2 aromatic carbocycles. The Hall–Kier alpha value is -1.50. The lowest BCUT2D eigenvalue weighted by Gasteiger charge is -2.11. The van der Waals surface area contributed by atoms with E-state index in [1.165, 1.54) is 18.2 Å². The number of carbonyl (C=O) groups is 1. The number of halogens is 3. The minimum Gasteiger partial charge on any atom is -0.331 e. The van der Waals surface area contributed by atoms with E-state index in [0.717, 1.165) is 4.47 Å². The van der Waals surface area contributed by atoms with Crippen LogP contribution in [0.4, 0.5) is 10.1 Å². The molecule has 1 amide bonds. The minimum absolute atomic E-state index is 0.0347. The number of nitrogens with one attached hydrogen (secondary N) is 2. The quantitative estimate of drug-likeness (QED) is 0.752. The lowest BCUT2D eigenvalue weighted by atomic mass is 10.2. The molecule has 0 saturated carbocycles. The van der Waals surface area contributed by atoms with Crippen molar-refractivity contribution in [3.8, 4) is 0 Å². The van der Waals surface area contributed by atoms with Crippen molar-refractivity contribution in [2.75, 3.05) is 5.32 Å². The van der Waals surface area contributed by atoms with Crippen LogP contribution in [-0.2, 0) is 0 Å². The fourth-order valence-corrected chi connectivity index (χ4v) is 2.48. The molecule has 0 atom stereocenters. The fraction of sp³-hybridized carbons (Fsp3) is 0. The van der Waals surface area contributed by atoms with Crippen molar-refractivity contribution in [2.24, 2.45) is 0 Å². The first-order valence-electron chi connectivity index (χ1n) is 5.79. The molecule has 21 heavy (non-hydrogen) atoms. The van der Waals surface area contributed by atoms with Crippen molar-refractivity contribution in [3.63, 3.8) is 0 Å². The maximum Gasteiger partial charge on any atom is 0.260 e. The van der Waals surface area contributed by atoms with Crippen molar-refractivity contribution in [3.05, 3.63) is 63.3 Å². The highest BCUT2D eigenvalue weighted by Crippen LogP contribution is 2.25. The number of thiocarbonyl (C=S) groups is 1. The van der Waals surface area contributed by atoms with Crippen LogP contribution in [0.3, 0.4) is 0 Å². The third-order valence-electron chi connectivity index (χ3n) is 2.52. The molecule has 3 nitrogen and oxygen atoms in total. The number of amides is 1. The summed E-state index contributed by atoms with van der Waals surface area (Å²) in [6.07, 6.45) is 0. The zero-order valence-corrected chi connectivity index (χ0v) is 13.7. The molecule has 0 aliphatic carbocycles. The largest absolute Gasteiger partial charge is 0.331 e. The van der Waals surface area contributed by atoms with Gasteiger partial charge in [-0.1, -0.05) is 39.7 Å². The van der Waals surface area contributed by atoms with Crippen LogP contribution in [0.2, 0.25) is 5.02 Å². The van der Waals surface area contributed by atoms with Gasteiger partial charge in [-0.05, 0) is 42.5 Å². The Bertz CT molecular complexity index is 711. The number of carbonyl (C=O) groups excluding carboxylic acids is 1. The molecule has 2 rings (SSSR count). The number of rotatable bonds is 2. The van der Waals surface area contributed by atoms with E-state index in [-0.39, 0.29) is 10.7 Å². The molecule has 0 aliphatic heterocycles. The number of hydrogen-bond acceptors (Lipinski definition) is 2. The SMILES string of the molecule is O=C(NC(=S)Nc1ccc(Br)cc1Cl)c1ccccc1F. The Morgan fingerprint density at radius 3 is 2.62 bits per heavy atom. The van der Waals surface area contributed by atoms with E-state index in [1.54, 1.807) is 24.3 Å². The highest BCUT2D eigenvalue weighted by Gasteiger charge is 2.12. The molecule has 108 valence electrons. The summed E-state index contributed by atoms with van der Waals surface area (Å²) in [5, 5.41) is 5.65. The maximum absolute atomic E-state index is 13.5. The van der Waals surface area contributed by atoms with E-state index in [2.05, 4.69) is 26.6 Å². The molecule has 0 bridgehead atoms. The average molecular weight is 388 g/mol. The predicted molar refractivity (Wildman–Crippen MR) is 89.2 cm³/mol. The zero-order chi connectivity index (χ0) is 15.4. The monoisotopic (exact) mass is 386 g/mol. The molecule has 2 aromatic rings. The molecule has 0 saturated heterocycles. The van der Waals surface area contributed by atoms with Gasteiger partial charge in [0.2, 0.25) is 0 Å². The van der Waals surface area contributed by atoms with Crippen LogP contribution >= 0.6 is 39.7 Å². The van der Waals surface area contributed by atoms with E-state index < -0.39 is 11.7 Å². The van der Waals surface area contributed by atoms with E-state index in [4.69, 9.17) is 23.8 Å². The Balaban J connectivity index is 2.05. The second kappa shape index (κ2) is 6.98. The topological polar surface area (TPSA) is 41.1 Å². The van der Waals surface area contributed by atoms with E-state index in [1.807, 2.05) is 0 Å². The minimum atomic E-state index is -0.626. The normalized spacial score (nSPS) is 10.0. The van der Waals surface area contributed by atoms with Gasteiger partial charge in [-0.25, -0.2) is 4.39 Å². The Morgan fingerprint density at radius 1 is 1.24 bits per heavy atom. The van der Waals surface area contributed by atoms with Gasteiger partial charge in [-0.3, -0.25) is 10.1 Å². The van der Waals surface area contributed by atoms with Crippen LogP contribution in [0.25, 0.3) is 0 Å². The van der Waals surface area contributed by atoms with Crippen molar-refractivity contribution in [1.82, 2.24) is 5.32 Å². The molecule has 0 aliphatic rings. The summed E-state index contributed by atoms with van der Waals surface area (Å²) in [5.74, 6) is -1.24. The highest BCUT2D eigenvalue weighted by atomic mass is 79.9. The van der Waals surface area contributed by atoms with Crippen molar-refractivity contribution in [1.29, 1.82) is 0 Å². The van der Waals surface area contributed by atoms with Gasteiger partial charge in [-0.15, -0.1) is 0 Å². The lowest BCUT2D eigenvalue weighted by molar-refractivity contribution is 0.0974. The predicted octanol–water partition coefficient (Wildman–Crippen LogP) is 4.37. The Labute approximate surface area is 139 Å². The maximum atomic E-state index is 13.5. The van der Waals surface area contributed by atoms with Gasteiger partial charge in [0.05, 0.1) is 16.3 Å². The smallest absolute Gasteiger partial charge is 0.260 e. The van der Waals surface area contributed by atoms with Crippen LogP contribution in [0.5, 0.6) is 0 Å². The molecule has 0 fully saturated rings. The summed E-state index contributed by atoms with van der Waals surface area (Å²) in [6, 6.07) is 10.8. The molecular formula is C14H9BrClFN2OS. The summed E-state index contributed by atoms with van der Waals surface area (Å²) in [5.41, 5.74) is 0.460. The number of hydrogen-bond donors (Lipinski definition) is 2. The fourth-order valence-electron chi connectivity index (χ4n) is 1.56. The molecule has 7 heteroatoms. The van der Waals surface area contributed by atoms with E-state index >= 15 is 0 Å². The number of benzene rings is 2. The summed E-state index contributed by atoms with van der Waals surface area (Å²) in [7, 11) is 0. The van der Waals surface area contributed by atoms with E-state index in [9.17, 15) is 9.18 Å². The van der Waals surface area contributed by atoms with Gasteiger partial charge < -0.3 is 5.32 Å². The van der Waals surface area contributed by atoms with Crippen molar-refractivity contribution in [2.45, 2.75) is 0 Å². The molecule has 0 unspecified atom stereocenters. The van der Waals surface area contributed by atoms with Gasteiger partial charge in [0.15, 0.2) is 5.11 Å². The van der Waals surface area contributed by atoms with Crippen molar-refractivity contribution >= 4 is 56.5 Å². The molecule has 0 aromatic heterocycles. The average Bonchev–Trinajstić information content (AvgIpc) is 2.42. The Kier molecular flexibility index (Phi) is 5.27. The second-order valence-corrected chi connectivity index (χ2v) is 5.74. The third kappa shape index (κ3) is 4.23. The van der Waals surface area contributed by atoms with Crippen LogP contribution in [0.1, 0.15) is 10.4 Å². The summed E-state index contributed by atoms with van der Waals surface area (Å²) < 4.78 is 14.3.